The molecule has 0 unspecified atom stereocenters. The van der Waals surface area contributed by atoms with Gasteiger partial charge in [-0.15, -0.1) is 0 Å². The molecule has 0 radical (unpaired) electrons. The minimum atomic E-state index is -0.190. The average molecular weight is 293 g/mol. The van der Waals surface area contributed by atoms with Crippen molar-refractivity contribution in [1.29, 1.82) is 0 Å². The van der Waals surface area contributed by atoms with Gasteiger partial charge < -0.3 is 4.90 Å². The molecule has 0 saturated carbocycles. The third-order valence-corrected chi connectivity index (χ3v) is 3.60. The summed E-state index contributed by atoms with van der Waals surface area (Å²) < 4.78 is 0. The van der Waals surface area contributed by atoms with Gasteiger partial charge in [0.05, 0.1) is 29.0 Å². The van der Waals surface area contributed by atoms with E-state index in [9.17, 15) is 4.79 Å². The summed E-state index contributed by atoms with van der Waals surface area (Å²) in [5.41, 5.74) is 2.57. The van der Waals surface area contributed by atoms with E-state index >= 15 is 0 Å². The first kappa shape index (κ1) is 14.1. The van der Waals surface area contributed by atoms with Crippen LogP contribution in [-0.2, 0) is 0 Å². The summed E-state index contributed by atoms with van der Waals surface area (Å²) in [6.45, 7) is 1.91. The second-order valence-electron chi connectivity index (χ2n) is 4.97. The molecule has 1 aromatic carbocycles. The van der Waals surface area contributed by atoms with Gasteiger partial charge in [-0.05, 0) is 25.1 Å². The highest BCUT2D eigenvalue weighted by Crippen LogP contribution is 2.18. The van der Waals surface area contributed by atoms with Gasteiger partial charge in [-0.3, -0.25) is 9.78 Å². The van der Waals surface area contributed by atoms with E-state index in [-0.39, 0.29) is 11.9 Å². The number of rotatable bonds is 3. The van der Waals surface area contributed by atoms with E-state index in [1.54, 1.807) is 24.2 Å². The van der Waals surface area contributed by atoms with E-state index < -0.39 is 0 Å². The van der Waals surface area contributed by atoms with Crippen LogP contribution in [0.15, 0.2) is 49.1 Å². The summed E-state index contributed by atoms with van der Waals surface area (Å²) in [6, 6.07) is 9.08. The molecule has 3 rings (SSSR count). The lowest BCUT2D eigenvalue weighted by atomic mass is 10.2. The second kappa shape index (κ2) is 5.85. The molecule has 0 fully saturated rings. The van der Waals surface area contributed by atoms with Crippen LogP contribution in [0.2, 0.25) is 0 Å². The largest absolute Gasteiger partial charge is 0.332 e. The Morgan fingerprint density at radius 1 is 1.14 bits per heavy atom. The second-order valence-corrected chi connectivity index (χ2v) is 4.97. The van der Waals surface area contributed by atoms with E-state index in [0.29, 0.717) is 11.2 Å². The van der Waals surface area contributed by atoms with E-state index in [1.807, 2.05) is 31.2 Å². The Kier molecular flexibility index (Phi) is 3.74. The van der Waals surface area contributed by atoms with Crippen molar-refractivity contribution in [2.45, 2.75) is 13.0 Å². The van der Waals surface area contributed by atoms with Gasteiger partial charge in [0.2, 0.25) is 0 Å². The maximum Gasteiger partial charge on any atom is 0.274 e. The number of carbonyl (C=O) groups excluding carboxylic acids is 1. The van der Waals surface area contributed by atoms with Crippen molar-refractivity contribution in [1.82, 2.24) is 24.8 Å². The van der Waals surface area contributed by atoms with E-state index in [0.717, 1.165) is 11.2 Å². The SMILES string of the molecule is C[C@H](c1ccncn1)N(C)C(=O)c1cnc2ccccc2n1. The number of amides is 1. The maximum atomic E-state index is 12.6. The zero-order chi connectivity index (χ0) is 15.5. The topological polar surface area (TPSA) is 71.9 Å². The number of para-hydroxylation sites is 2. The fraction of sp³-hybridized carbons (Fsp3) is 0.188. The maximum absolute atomic E-state index is 12.6. The number of carbonyl (C=O) groups is 1. The van der Waals surface area contributed by atoms with Crippen LogP contribution >= 0.6 is 0 Å². The number of aromatic nitrogens is 4. The first-order chi connectivity index (χ1) is 10.7. The monoisotopic (exact) mass is 293 g/mol. The fourth-order valence-electron chi connectivity index (χ4n) is 2.16. The van der Waals surface area contributed by atoms with E-state index in [1.165, 1.54) is 12.5 Å². The van der Waals surface area contributed by atoms with Crippen molar-refractivity contribution in [3.8, 4) is 0 Å². The molecule has 6 heteroatoms. The quantitative estimate of drug-likeness (QED) is 0.740. The Labute approximate surface area is 127 Å². The zero-order valence-corrected chi connectivity index (χ0v) is 12.3. The zero-order valence-electron chi connectivity index (χ0n) is 12.3. The number of hydrogen-bond acceptors (Lipinski definition) is 5. The molecule has 0 aliphatic rings. The van der Waals surface area contributed by atoms with Crippen LogP contribution in [0, 0.1) is 0 Å². The lowest BCUT2D eigenvalue weighted by Crippen LogP contribution is -2.30. The molecular formula is C16H15N5O. The molecule has 2 heterocycles. The number of benzene rings is 1. The molecule has 0 N–H and O–H groups in total. The van der Waals surface area contributed by atoms with Gasteiger partial charge >= 0.3 is 0 Å². The summed E-state index contributed by atoms with van der Waals surface area (Å²) in [5.74, 6) is -0.190. The van der Waals surface area contributed by atoms with Crippen molar-refractivity contribution < 1.29 is 4.79 Å². The third kappa shape index (κ3) is 2.63. The van der Waals surface area contributed by atoms with Gasteiger partial charge in [-0.2, -0.15) is 0 Å². The Balaban J connectivity index is 1.88. The molecule has 2 aromatic heterocycles. The van der Waals surface area contributed by atoms with Gasteiger partial charge in [-0.1, -0.05) is 12.1 Å². The molecule has 0 aliphatic carbocycles. The number of nitrogens with zero attached hydrogens (tertiary/aromatic N) is 5. The Morgan fingerprint density at radius 3 is 2.64 bits per heavy atom. The fourth-order valence-corrected chi connectivity index (χ4v) is 2.16. The molecule has 3 aromatic rings. The molecule has 1 atom stereocenters. The predicted molar refractivity (Wildman–Crippen MR) is 82.1 cm³/mol. The molecule has 1 amide bonds. The van der Waals surface area contributed by atoms with Crippen LogP contribution in [0.3, 0.4) is 0 Å². The lowest BCUT2D eigenvalue weighted by Gasteiger charge is -2.23. The van der Waals surface area contributed by atoms with Crippen molar-refractivity contribution in [2.75, 3.05) is 7.05 Å². The first-order valence-electron chi connectivity index (χ1n) is 6.91. The minimum Gasteiger partial charge on any atom is -0.332 e. The molecule has 0 spiro atoms. The van der Waals surface area contributed by atoms with E-state index in [4.69, 9.17) is 0 Å². The van der Waals surface area contributed by atoms with Gasteiger partial charge in [0.25, 0.3) is 5.91 Å². The van der Waals surface area contributed by atoms with Crippen LogP contribution in [0.1, 0.15) is 29.1 Å². The molecule has 0 bridgehead atoms. The predicted octanol–water partition coefficient (Wildman–Crippen LogP) is 2.25. The first-order valence-corrected chi connectivity index (χ1v) is 6.91. The molecule has 22 heavy (non-hydrogen) atoms. The van der Waals surface area contributed by atoms with Crippen molar-refractivity contribution in [3.63, 3.8) is 0 Å². The van der Waals surface area contributed by atoms with E-state index in [2.05, 4.69) is 19.9 Å². The molecular weight excluding hydrogens is 278 g/mol. The van der Waals surface area contributed by atoms with Gasteiger partial charge in [0.1, 0.15) is 12.0 Å². The molecule has 0 aliphatic heterocycles. The Hall–Kier alpha value is -2.89. The summed E-state index contributed by atoms with van der Waals surface area (Å²) in [4.78, 5) is 30.9. The summed E-state index contributed by atoms with van der Waals surface area (Å²) >= 11 is 0. The van der Waals surface area contributed by atoms with Gasteiger partial charge in [-0.25, -0.2) is 15.0 Å². The lowest BCUT2D eigenvalue weighted by molar-refractivity contribution is 0.0733. The van der Waals surface area contributed by atoms with Crippen molar-refractivity contribution in [2.24, 2.45) is 0 Å². The molecule has 6 nitrogen and oxygen atoms in total. The third-order valence-electron chi connectivity index (χ3n) is 3.60. The summed E-state index contributed by atoms with van der Waals surface area (Å²) in [7, 11) is 1.73. The smallest absolute Gasteiger partial charge is 0.274 e. The van der Waals surface area contributed by atoms with Gasteiger partial charge in [0, 0.05) is 13.2 Å². The normalized spacial score (nSPS) is 12.1. The highest BCUT2D eigenvalue weighted by atomic mass is 16.2. The summed E-state index contributed by atoms with van der Waals surface area (Å²) in [6.07, 6.45) is 4.64. The minimum absolute atomic E-state index is 0.177. The molecule has 110 valence electrons. The standard InChI is InChI=1S/C16H15N5O/c1-11(12-7-8-17-10-19-12)21(2)16(22)15-9-18-13-5-3-4-6-14(13)20-15/h3-11H,1-2H3/t11-/m1/s1. The van der Waals surface area contributed by atoms with Gasteiger partial charge in [0.15, 0.2) is 0 Å². The van der Waals surface area contributed by atoms with Crippen molar-refractivity contribution >= 4 is 16.9 Å². The van der Waals surface area contributed by atoms with Crippen LogP contribution in [-0.4, -0.2) is 37.8 Å². The van der Waals surface area contributed by atoms with Crippen LogP contribution < -0.4 is 0 Å². The Morgan fingerprint density at radius 2 is 1.91 bits per heavy atom. The average Bonchev–Trinajstić information content (AvgIpc) is 2.60. The Bertz CT molecular complexity index is 806. The highest BCUT2D eigenvalue weighted by Gasteiger charge is 2.21. The van der Waals surface area contributed by atoms with Crippen LogP contribution in [0.25, 0.3) is 11.0 Å². The van der Waals surface area contributed by atoms with Crippen LogP contribution in [0.5, 0.6) is 0 Å². The molecule has 0 saturated heterocycles. The summed E-state index contributed by atoms with van der Waals surface area (Å²) in [5, 5.41) is 0. The number of hydrogen-bond donors (Lipinski definition) is 0. The van der Waals surface area contributed by atoms with Crippen LogP contribution in [0.4, 0.5) is 0 Å². The highest BCUT2D eigenvalue weighted by molar-refractivity contribution is 5.93. The number of fused-ring (bicyclic) bond motifs is 1. The van der Waals surface area contributed by atoms with Crippen molar-refractivity contribution in [3.05, 3.63) is 60.4 Å².